The first-order valence-corrected chi connectivity index (χ1v) is 10.3. The summed E-state index contributed by atoms with van der Waals surface area (Å²) in [6, 6.07) is 12.4. The van der Waals surface area contributed by atoms with Crippen molar-refractivity contribution in [2.75, 3.05) is 12.0 Å². The zero-order valence-corrected chi connectivity index (χ0v) is 18.8. The van der Waals surface area contributed by atoms with Crippen LogP contribution < -0.4 is 9.64 Å². The van der Waals surface area contributed by atoms with Gasteiger partial charge in [-0.25, -0.2) is 0 Å². The molecular formula is C22H16BrClN2O5. The molecule has 31 heavy (non-hydrogen) atoms. The number of methoxy groups -OCH3 is 1. The molecule has 158 valence electrons. The fourth-order valence-electron chi connectivity index (χ4n) is 3.50. The van der Waals surface area contributed by atoms with Crippen LogP contribution in [-0.4, -0.2) is 29.1 Å². The Bertz CT molecular complexity index is 1240. The van der Waals surface area contributed by atoms with E-state index in [-0.39, 0.29) is 27.7 Å². The largest absolute Gasteiger partial charge is 0.507 e. The topological polar surface area (TPSA) is 92.9 Å². The van der Waals surface area contributed by atoms with Crippen LogP contribution in [0.1, 0.15) is 22.9 Å². The quantitative estimate of drug-likeness (QED) is 0.305. The van der Waals surface area contributed by atoms with Gasteiger partial charge in [-0.15, -0.1) is 0 Å². The highest BCUT2D eigenvalue weighted by Gasteiger charge is 2.48. The van der Waals surface area contributed by atoms with Gasteiger partial charge < -0.3 is 14.4 Å². The Labute approximate surface area is 191 Å². The SMILES string of the molecule is COc1ccc(C(O)=C2C(=O)C(=O)N(c3cc(C)on3)[C@@H]2c2cccc(Br)c2)cc1Cl. The lowest BCUT2D eigenvalue weighted by Gasteiger charge is -2.23. The molecule has 1 fully saturated rings. The van der Waals surface area contributed by atoms with E-state index in [9.17, 15) is 14.7 Å². The first-order chi connectivity index (χ1) is 14.8. The molecule has 1 aromatic heterocycles. The molecule has 2 heterocycles. The fourth-order valence-corrected chi connectivity index (χ4v) is 4.17. The number of hydrogen-bond acceptors (Lipinski definition) is 6. The number of Topliss-reactive ketones (excluding diaryl/α,β-unsaturated/α-hetero) is 1. The molecule has 1 atom stereocenters. The number of anilines is 1. The second-order valence-electron chi connectivity index (χ2n) is 6.87. The van der Waals surface area contributed by atoms with Gasteiger partial charge in [-0.3, -0.25) is 14.5 Å². The molecule has 1 aliphatic rings. The third-order valence-electron chi connectivity index (χ3n) is 4.90. The van der Waals surface area contributed by atoms with Crippen molar-refractivity contribution in [1.82, 2.24) is 5.16 Å². The molecule has 1 aliphatic heterocycles. The normalized spacial score (nSPS) is 17.9. The number of aliphatic hydroxyl groups is 1. The molecule has 4 rings (SSSR count). The molecule has 0 spiro atoms. The number of benzene rings is 2. The maximum Gasteiger partial charge on any atom is 0.301 e. The van der Waals surface area contributed by atoms with Gasteiger partial charge >= 0.3 is 5.91 Å². The van der Waals surface area contributed by atoms with E-state index < -0.39 is 17.7 Å². The first-order valence-electron chi connectivity index (χ1n) is 9.15. The van der Waals surface area contributed by atoms with Crippen LogP contribution in [0.15, 0.2) is 63.1 Å². The van der Waals surface area contributed by atoms with Crippen molar-refractivity contribution in [3.8, 4) is 5.75 Å². The Kier molecular flexibility index (Phi) is 5.60. The highest BCUT2D eigenvalue weighted by molar-refractivity contribution is 9.10. The number of carbonyl (C=O) groups is 2. The number of aromatic nitrogens is 1. The number of aliphatic hydroxyl groups excluding tert-OH is 1. The highest BCUT2D eigenvalue weighted by atomic mass is 79.9. The molecule has 1 saturated heterocycles. The standard InChI is InChI=1S/C22H16BrClN2O5/c1-11-8-17(25-31-11)26-19(12-4-3-5-14(23)9-12)18(21(28)22(26)29)20(27)13-6-7-16(30-2)15(24)10-13/h3-10,19,27H,1-2H3/t19-/m1/s1. The van der Waals surface area contributed by atoms with Crippen molar-refractivity contribution >= 4 is 50.8 Å². The Hall–Kier alpha value is -3.10. The summed E-state index contributed by atoms with van der Waals surface area (Å²) in [7, 11) is 1.47. The van der Waals surface area contributed by atoms with Crippen molar-refractivity contribution in [3.05, 3.63) is 80.5 Å². The molecule has 0 unspecified atom stereocenters. The van der Waals surface area contributed by atoms with Crippen LogP contribution in [0.25, 0.3) is 5.76 Å². The maximum absolute atomic E-state index is 13.1. The molecule has 7 nitrogen and oxygen atoms in total. The average Bonchev–Trinajstić information content (AvgIpc) is 3.28. The summed E-state index contributed by atoms with van der Waals surface area (Å²) in [5.41, 5.74) is 0.806. The molecule has 0 saturated carbocycles. The summed E-state index contributed by atoms with van der Waals surface area (Å²) in [6.07, 6.45) is 0. The van der Waals surface area contributed by atoms with Gasteiger partial charge in [-0.1, -0.05) is 44.8 Å². The number of halogens is 2. The number of rotatable bonds is 4. The summed E-state index contributed by atoms with van der Waals surface area (Å²) < 4.78 is 11.0. The summed E-state index contributed by atoms with van der Waals surface area (Å²) in [4.78, 5) is 27.3. The van der Waals surface area contributed by atoms with Crippen LogP contribution in [-0.2, 0) is 9.59 Å². The first kappa shape index (κ1) is 21.1. The Balaban J connectivity index is 1.94. The molecule has 0 aliphatic carbocycles. The van der Waals surface area contributed by atoms with E-state index >= 15 is 0 Å². The number of ketones is 1. The van der Waals surface area contributed by atoms with Crippen molar-refractivity contribution in [3.63, 3.8) is 0 Å². The van der Waals surface area contributed by atoms with Gasteiger partial charge in [0, 0.05) is 16.1 Å². The van der Waals surface area contributed by atoms with Crippen LogP contribution in [0, 0.1) is 6.92 Å². The van der Waals surface area contributed by atoms with Crippen LogP contribution in [0.3, 0.4) is 0 Å². The number of amides is 1. The molecular weight excluding hydrogens is 488 g/mol. The van der Waals surface area contributed by atoms with E-state index in [4.69, 9.17) is 20.9 Å². The second kappa shape index (κ2) is 8.20. The smallest absolute Gasteiger partial charge is 0.301 e. The summed E-state index contributed by atoms with van der Waals surface area (Å²) in [6.45, 7) is 1.68. The summed E-state index contributed by atoms with van der Waals surface area (Å²) >= 11 is 9.61. The monoisotopic (exact) mass is 502 g/mol. The van der Waals surface area contributed by atoms with Crippen LogP contribution in [0.2, 0.25) is 5.02 Å². The van der Waals surface area contributed by atoms with Crippen LogP contribution >= 0.6 is 27.5 Å². The fraction of sp³-hybridized carbons (Fsp3) is 0.136. The predicted octanol–water partition coefficient (Wildman–Crippen LogP) is 5.03. The van der Waals surface area contributed by atoms with Gasteiger partial charge in [-0.2, -0.15) is 0 Å². The predicted molar refractivity (Wildman–Crippen MR) is 118 cm³/mol. The summed E-state index contributed by atoms with van der Waals surface area (Å²) in [5, 5.41) is 15.3. The molecule has 2 aromatic carbocycles. The number of ether oxygens (including phenoxy) is 1. The molecule has 9 heteroatoms. The molecule has 0 radical (unpaired) electrons. The molecule has 1 N–H and O–H groups in total. The zero-order valence-electron chi connectivity index (χ0n) is 16.4. The minimum Gasteiger partial charge on any atom is -0.507 e. The van der Waals surface area contributed by atoms with Gasteiger partial charge in [0.1, 0.15) is 17.3 Å². The van der Waals surface area contributed by atoms with Gasteiger partial charge in [0.15, 0.2) is 5.82 Å². The van der Waals surface area contributed by atoms with Crippen molar-refractivity contribution in [2.45, 2.75) is 13.0 Å². The third-order valence-corrected chi connectivity index (χ3v) is 5.69. The lowest BCUT2D eigenvalue weighted by Crippen LogP contribution is -2.29. The van der Waals surface area contributed by atoms with Crippen molar-refractivity contribution < 1.29 is 24.0 Å². The lowest BCUT2D eigenvalue weighted by atomic mass is 9.95. The average molecular weight is 504 g/mol. The number of hydrogen-bond donors (Lipinski definition) is 1. The number of carbonyl (C=O) groups excluding carboxylic acids is 2. The second-order valence-corrected chi connectivity index (χ2v) is 8.19. The van der Waals surface area contributed by atoms with Crippen molar-refractivity contribution in [1.29, 1.82) is 0 Å². The molecule has 1 amide bonds. The van der Waals surface area contributed by atoms with Crippen molar-refractivity contribution in [2.24, 2.45) is 0 Å². The molecule has 3 aromatic rings. The van der Waals surface area contributed by atoms with E-state index in [1.165, 1.54) is 18.1 Å². The van der Waals surface area contributed by atoms with E-state index in [1.807, 2.05) is 6.07 Å². The van der Waals surface area contributed by atoms with E-state index in [1.54, 1.807) is 43.3 Å². The van der Waals surface area contributed by atoms with E-state index in [0.717, 1.165) is 4.47 Å². The number of nitrogens with zero attached hydrogens (tertiary/aromatic N) is 2. The van der Waals surface area contributed by atoms with Gasteiger partial charge in [0.05, 0.1) is 23.7 Å². The van der Waals surface area contributed by atoms with Crippen LogP contribution in [0.4, 0.5) is 5.82 Å². The maximum atomic E-state index is 13.1. The third kappa shape index (κ3) is 3.73. The van der Waals surface area contributed by atoms with Crippen LogP contribution in [0.5, 0.6) is 5.75 Å². The van der Waals surface area contributed by atoms with Gasteiger partial charge in [-0.05, 0) is 42.8 Å². The lowest BCUT2D eigenvalue weighted by molar-refractivity contribution is -0.132. The zero-order chi connectivity index (χ0) is 22.3. The van der Waals surface area contributed by atoms with E-state index in [2.05, 4.69) is 21.1 Å². The minimum atomic E-state index is -0.914. The van der Waals surface area contributed by atoms with Gasteiger partial charge in [0.2, 0.25) is 0 Å². The highest BCUT2D eigenvalue weighted by Crippen LogP contribution is 2.42. The Morgan fingerprint density at radius 3 is 2.61 bits per heavy atom. The van der Waals surface area contributed by atoms with E-state index in [0.29, 0.717) is 17.1 Å². The number of aryl methyl sites for hydroxylation is 1. The Morgan fingerprint density at radius 2 is 2.00 bits per heavy atom. The Morgan fingerprint density at radius 1 is 1.23 bits per heavy atom. The van der Waals surface area contributed by atoms with Gasteiger partial charge in [0.25, 0.3) is 5.78 Å². The summed E-state index contributed by atoms with van der Waals surface area (Å²) in [5.74, 6) is -0.936. The molecule has 0 bridgehead atoms. The minimum absolute atomic E-state index is 0.0787.